The highest BCUT2D eigenvalue weighted by Gasteiger charge is 2.15. The summed E-state index contributed by atoms with van der Waals surface area (Å²) in [5, 5.41) is 2.44. The molecule has 0 atom stereocenters. The van der Waals surface area contributed by atoms with Gasteiger partial charge in [0, 0.05) is 13.2 Å². The fourth-order valence-corrected chi connectivity index (χ4v) is 1.25. The number of nitrogens with two attached hydrogens (primary N) is 2. The van der Waals surface area contributed by atoms with Crippen LogP contribution in [0.3, 0.4) is 0 Å². The minimum atomic E-state index is -0.535. The highest BCUT2D eigenvalue weighted by molar-refractivity contribution is 6.01. The summed E-state index contributed by atoms with van der Waals surface area (Å²) >= 11 is 0. The second-order valence-electron chi connectivity index (χ2n) is 2.99. The molecule has 0 radical (unpaired) electrons. The lowest BCUT2D eigenvalue weighted by molar-refractivity contribution is -0.117. The van der Waals surface area contributed by atoms with Crippen LogP contribution in [-0.2, 0) is 11.2 Å². The number of amides is 2. The van der Waals surface area contributed by atoms with Gasteiger partial charge in [0.25, 0.3) is 5.91 Å². The summed E-state index contributed by atoms with van der Waals surface area (Å²) < 4.78 is 0. The molecular weight excluding hydrogens is 196 g/mol. The first kappa shape index (κ1) is 11.0. The van der Waals surface area contributed by atoms with Gasteiger partial charge in [-0.2, -0.15) is 0 Å². The summed E-state index contributed by atoms with van der Waals surface area (Å²) in [6.45, 7) is 0. The summed E-state index contributed by atoms with van der Waals surface area (Å²) in [6, 6.07) is 0. The first-order valence-electron chi connectivity index (χ1n) is 4.29. The van der Waals surface area contributed by atoms with E-state index in [2.05, 4.69) is 10.3 Å². The molecule has 5 N–H and O–H groups in total. The Bertz CT molecular complexity index is 403. The average molecular weight is 208 g/mol. The van der Waals surface area contributed by atoms with E-state index in [9.17, 15) is 9.59 Å². The van der Waals surface area contributed by atoms with E-state index in [1.807, 2.05) is 0 Å². The van der Waals surface area contributed by atoms with Gasteiger partial charge in [0.1, 0.15) is 0 Å². The minimum absolute atomic E-state index is 0.0548. The monoisotopic (exact) mass is 208 g/mol. The lowest BCUT2D eigenvalue weighted by Crippen LogP contribution is -2.23. The molecule has 0 aromatic carbocycles. The molecule has 0 aliphatic carbocycles. The Morgan fingerprint density at radius 2 is 2.13 bits per heavy atom. The topological polar surface area (TPSA) is 111 Å². The number of primary amides is 1. The van der Waals surface area contributed by atoms with Crippen molar-refractivity contribution in [2.75, 3.05) is 12.8 Å². The number of nitrogen functional groups attached to an aromatic ring is 1. The molecule has 0 unspecified atom stereocenters. The van der Waals surface area contributed by atoms with E-state index < -0.39 is 5.91 Å². The molecule has 0 saturated heterocycles. The molecule has 0 fully saturated rings. The van der Waals surface area contributed by atoms with Crippen molar-refractivity contribution in [2.24, 2.45) is 5.73 Å². The van der Waals surface area contributed by atoms with Gasteiger partial charge in [-0.1, -0.05) is 0 Å². The predicted octanol–water partition coefficient (Wildman–Crippen LogP) is -0.949. The third kappa shape index (κ3) is 2.43. The maximum absolute atomic E-state index is 11.5. The molecule has 0 bridgehead atoms. The van der Waals surface area contributed by atoms with Crippen LogP contribution in [0, 0.1) is 0 Å². The van der Waals surface area contributed by atoms with Crippen molar-refractivity contribution in [1.29, 1.82) is 0 Å². The third-order valence-electron chi connectivity index (χ3n) is 1.87. The number of carbonyl (C=O) groups is 2. The molecule has 1 heterocycles. The molecule has 6 heteroatoms. The fraction of sp³-hybridized carbons (Fsp3) is 0.222. The summed E-state index contributed by atoms with van der Waals surface area (Å²) in [5.41, 5.74) is 11.6. The molecule has 1 aromatic rings. The number of anilines is 1. The van der Waals surface area contributed by atoms with Gasteiger partial charge in [-0.15, -0.1) is 0 Å². The molecule has 1 aromatic heterocycles. The highest BCUT2D eigenvalue weighted by Crippen LogP contribution is 2.15. The largest absolute Gasteiger partial charge is 0.397 e. The SMILES string of the molecule is CNC(=O)c1c(N)cncc1CC(N)=O. The number of pyridine rings is 1. The maximum atomic E-state index is 11.5. The van der Waals surface area contributed by atoms with Crippen LogP contribution in [0.4, 0.5) is 5.69 Å². The van der Waals surface area contributed by atoms with Crippen molar-refractivity contribution in [1.82, 2.24) is 10.3 Å². The molecule has 1 rings (SSSR count). The number of nitrogens with one attached hydrogen (secondary N) is 1. The van der Waals surface area contributed by atoms with Gasteiger partial charge in [0.15, 0.2) is 0 Å². The third-order valence-corrected chi connectivity index (χ3v) is 1.87. The Hall–Kier alpha value is -2.11. The predicted molar refractivity (Wildman–Crippen MR) is 54.9 cm³/mol. The standard InChI is InChI=1S/C9H12N4O2/c1-12-9(15)8-5(2-7(11)14)3-13-4-6(8)10/h3-4H,2,10H2,1H3,(H2,11,14)(H,12,15). The molecule has 0 aliphatic heterocycles. The first-order valence-corrected chi connectivity index (χ1v) is 4.29. The normalized spacial score (nSPS) is 9.67. The van der Waals surface area contributed by atoms with Crippen LogP contribution in [0.2, 0.25) is 0 Å². The van der Waals surface area contributed by atoms with Gasteiger partial charge in [-0.3, -0.25) is 14.6 Å². The zero-order valence-electron chi connectivity index (χ0n) is 8.28. The van der Waals surface area contributed by atoms with E-state index in [1.54, 1.807) is 0 Å². The molecule has 0 aliphatic rings. The van der Waals surface area contributed by atoms with Gasteiger partial charge >= 0.3 is 0 Å². The van der Waals surface area contributed by atoms with Crippen LogP contribution in [0.5, 0.6) is 0 Å². The van der Waals surface area contributed by atoms with Crippen molar-refractivity contribution in [3.8, 4) is 0 Å². The van der Waals surface area contributed by atoms with E-state index in [-0.39, 0.29) is 23.6 Å². The number of carbonyl (C=O) groups excluding carboxylic acids is 2. The molecule has 2 amide bonds. The maximum Gasteiger partial charge on any atom is 0.253 e. The van der Waals surface area contributed by atoms with Crippen LogP contribution in [0.15, 0.2) is 12.4 Å². The zero-order chi connectivity index (χ0) is 11.4. The molecule has 15 heavy (non-hydrogen) atoms. The van der Waals surface area contributed by atoms with Gasteiger partial charge < -0.3 is 16.8 Å². The van der Waals surface area contributed by atoms with Gasteiger partial charge in [-0.05, 0) is 5.56 Å². The summed E-state index contributed by atoms with van der Waals surface area (Å²) in [6.07, 6.45) is 2.71. The van der Waals surface area contributed by atoms with Crippen molar-refractivity contribution >= 4 is 17.5 Å². The number of hydrogen-bond acceptors (Lipinski definition) is 4. The van der Waals surface area contributed by atoms with Crippen molar-refractivity contribution in [2.45, 2.75) is 6.42 Å². The van der Waals surface area contributed by atoms with E-state index in [1.165, 1.54) is 19.4 Å². The van der Waals surface area contributed by atoms with Crippen LogP contribution in [0.25, 0.3) is 0 Å². The van der Waals surface area contributed by atoms with E-state index in [0.29, 0.717) is 5.56 Å². The second-order valence-corrected chi connectivity index (χ2v) is 2.99. The summed E-state index contributed by atoms with van der Waals surface area (Å²) in [7, 11) is 1.48. The Labute approximate surface area is 86.7 Å². The van der Waals surface area contributed by atoms with Crippen molar-refractivity contribution in [3.63, 3.8) is 0 Å². The van der Waals surface area contributed by atoms with Crippen LogP contribution >= 0.6 is 0 Å². The van der Waals surface area contributed by atoms with Gasteiger partial charge in [-0.25, -0.2) is 0 Å². The zero-order valence-corrected chi connectivity index (χ0v) is 8.28. The van der Waals surface area contributed by atoms with Crippen LogP contribution < -0.4 is 16.8 Å². The highest BCUT2D eigenvalue weighted by atomic mass is 16.2. The summed E-state index contributed by atoms with van der Waals surface area (Å²) in [4.78, 5) is 26.0. The Kier molecular flexibility index (Phi) is 3.22. The Morgan fingerprint density at radius 3 is 2.67 bits per heavy atom. The van der Waals surface area contributed by atoms with E-state index in [0.717, 1.165) is 0 Å². The molecule has 80 valence electrons. The minimum Gasteiger partial charge on any atom is -0.397 e. The lowest BCUT2D eigenvalue weighted by atomic mass is 10.1. The molecule has 6 nitrogen and oxygen atoms in total. The second kappa shape index (κ2) is 4.41. The van der Waals surface area contributed by atoms with Crippen molar-refractivity contribution in [3.05, 3.63) is 23.5 Å². The number of nitrogens with zero attached hydrogens (tertiary/aromatic N) is 1. The molecular formula is C9H12N4O2. The van der Waals surface area contributed by atoms with E-state index >= 15 is 0 Å². The lowest BCUT2D eigenvalue weighted by Gasteiger charge is -2.08. The quantitative estimate of drug-likeness (QED) is 0.594. The Balaban J connectivity index is 3.20. The summed E-state index contributed by atoms with van der Waals surface area (Å²) in [5.74, 6) is -0.890. The van der Waals surface area contributed by atoms with E-state index in [4.69, 9.17) is 11.5 Å². The van der Waals surface area contributed by atoms with Crippen molar-refractivity contribution < 1.29 is 9.59 Å². The fourth-order valence-electron chi connectivity index (χ4n) is 1.25. The molecule has 0 spiro atoms. The van der Waals surface area contributed by atoms with Gasteiger partial charge in [0.05, 0.1) is 23.9 Å². The smallest absolute Gasteiger partial charge is 0.253 e. The Morgan fingerprint density at radius 1 is 1.47 bits per heavy atom. The number of rotatable bonds is 3. The van der Waals surface area contributed by atoms with Gasteiger partial charge in [0.2, 0.25) is 5.91 Å². The average Bonchev–Trinajstić information content (AvgIpc) is 2.16. The first-order chi connectivity index (χ1) is 7.06. The molecule has 0 saturated carbocycles. The van der Waals surface area contributed by atoms with Crippen LogP contribution in [0.1, 0.15) is 15.9 Å². The number of aromatic nitrogens is 1. The van der Waals surface area contributed by atoms with Crippen LogP contribution in [-0.4, -0.2) is 23.8 Å². The number of hydrogen-bond donors (Lipinski definition) is 3.